The molecule has 0 aliphatic carbocycles. The van der Waals surface area contributed by atoms with Gasteiger partial charge in [-0.15, -0.1) is 0 Å². The van der Waals surface area contributed by atoms with E-state index in [9.17, 15) is 0 Å². The van der Waals surface area contributed by atoms with Crippen molar-refractivity contribution in [2.75, 3.05) is 16.8 Å². The second kappa shape index (κ2) is 13.7. The lowest BCUT2D eigenvalue weighted by molar-refractivity contribution is 0.917. The summed E-state index contributed by atoms with van der Waals surface area (Å²) in [5, 5.41) is 3.38. The zero-order chi connectivity index (χ0) is 20.9. The quantitative estimate of drug-likeness (QED) is 0.193. The fraction of sp³-hybridized carbons (Fsp3) is 0.522. The summed E-state index contributed by atoms with van der Waals surface area (Å²) in [5.41, 5.74) is 11.4. The molecule has 0 aliphatic heterocycles. The van der Waals surface area contributed by atoms with Gasteiger partial charge in [0.25, 0.3) is 0 Å². The highest BCUT2D eigenvalue weighted by atomic mass is 32.2. The Labute approximate surface area is 181 Å². The van der Waals surface area contributed by atoms with Crippen LogP contribution in [0.2, 0.25) is 0 Å². The normalized spacial score (nSPS) is 13.3. The Morgan fingerprint density at radius 1 is 1.14 bits per heavy atom. The molecule has 1 aromatic heterocycles. The monoisotopic (exact) mass is 419 g/mol. The molecule has 0 aromatic carbocycles. The largest absolute Gasteiger partial charge is 0.392 e. The van der Waals surface area contributed by atoms with E-state index in [1.807, 2.05) is 18.0 Å². The summed E-state index contributed by atoms with van der Waals surface area (Å²) >= 11 is 7.07. The third-order valence-corrected chi connectivity index (χ3v) is 5.71. The summed E-state index contributed by atoms with van der Waals surface area (Å²) in [6, 6.07) is 2.06. The van der Waals surface area contributed by atoms with Gasteiger partial charge in [0.05, 0.1) is 11.0 Å². The average Bonchev–Trinajstić information content (AvgIpc) is 3.02. The Balaban J connectivity index is 2.30. The van der Waals surface area contributed by atoms with E-state index >= 15 is 0 Å². The van der Waals surface area contributed by atoms with E-state index in [-0.39, 0.29) is 6.04 Å². The summed E-state index contributed by atoms with van der Waals surface area (Å²) in [4.78, 5) is 3.70. The van der Waals surface area contributed by atoms with Crippen LogP contribution in [-0.2, 0) is 0 Å². The first-order valence-electron chi connectivity index (χ1n) is 10.0. The van der Waals surface area contributed by atoms with Gasteiger partial charge < -0.3 is 16.0 Å². The number of nitrogens with two attached hydrogens (primary N) is 1. The minimum absolute atomic E-state index is 0.00172. The number of aryl methyl sites for hydroxylation is 1. The molecule has 0 saturated heterocycles. The van der Waals surface area contributed by atoms with Gasteiger partial charge in [-0.2, -0.15) is 11.8 Å². The van der Waals surface area contributed by atoms with Gasteiger partial charge in [0, 0.05) is 17.7 Å². The number of allylic oxidation sites excluding steroid dienone is 5. The van der Waals surface area contributed by atoms with Crippen molar-refractivity contribution in [2.45, 2.75) is 66.3 Å². The fourth-order valence-electron chi connectivity index (χ4n) is 2.69. The molecule has 0 amide bonds. The van der Waals surface area contributed by atoms with Crippen molar-refractivity contribution in [1.29, 1.82) is 0 Å². The van der Waals surface area contributed by atoms with E-state index in [0.29, 0.717) is 4.99 Å². The summed E-state index contributed by atoms with van der Waals surface area (Å²) in [6.45, 7) is 10.8. The minimum Gasteiger partial charge on any atom is -0.392 e. The van der Waals surface area contributed by atoms with Crippen LogP contribution in [0.1, 0.15) is 58.9 Å². The molecule has 1 atom stereocenters. The van der Waals surface area contributed by atoms with Gasteiger partial charge in [-0.3, -0.25) is 0 Å². The summed E-state index contributed by atoms with van der Waals surface area (Å²) in [7, 11) is 0. The number of rotatable bonds is 13. The molecular weight excluding hydrogens is 382 g/mol. The third kappa shape index (κ3) is 11.4. The van der Waals surface area contributed by atoms with Crippen LogP contribution >= 0.6 is 24.0 Å². The first-order valence-corrected chi connectivity index (χ1v) is 11.6. The number of anilines is 1. The third-order valence-electron chi connectivity index (χ3n) is 4.46. The molecule has 0 radical (unpaired) electrons. The van der Waals surface area contributed by atoms with Crippen molar-refractivity contribution < 1.29 is 0 Å². The van der Waals surface area contributed by atoms with E-state index < -0.39 is 0 Å². The lowest BCUT2D eigenvalue weighted by atomic mass is 10.1. The van der Waals surface area contributed by atoms with Crippen LogP contribution in [0.5, 0.6) is 0 Å². The number of thioether (sulfide) groups is 1. The predicted octanol–water partition coefficient (Wildman–Crippen LogP) is 6.54. The molecule has 156 valence electrons. The molecule has 4 N–H and O–H groups in total. The van der Waals surface area contributed by atoms with Gasteiger partial charge in [-0.05, 0) is 71.9 Å². The maximum Gasteiger partial charge on any atom is 0.104 e. The number of aromatic nitrogens is 1. The second-order valence-electron chi connectivity index (χ2n) is 7.69. The Kier molecular flexibility index (Phi) is 12.0. The highest BCUT2D eigenvalue weighted by Crippen LogP contribution is 2.15. The first kappa shape index (κ1) is 24.6. The number of nitrogens with one attached hydrogen (secondary N) is 2. The van der Waals surface area contributed by atoms with Gasteiger partial charge in [0.2, 0.25) is 0 Å². The molecule has 0 fully saturated rings. The van der Waals surface area contributed by atoms with Gasteiger partial charge in [0.1, 0.15) is 5.82 Å². The smallest absolute Gasteiger partial charge is 0.104 e. The van der Waals surface area contributed by atoms with Crippen molar-refractivity contribution in [3.8, 4) is 0 Å². The predicted molar refractivity (Wildman–Crippen MR) is 132 cm³/mol. The fourth-order valence-corrected chi connectivity index (χ4v) is 3.98. The van der Waals surface area contributed by atoms with Crippen molar-refractivity contribution in [1.82, 2.24) is 4.98 Å². The standard InChI is InChI=1S/C23H37N3S2/c1-17(2)8-6-9-18(3)10-7-11-19(4)12-13-28-16-21(23(24)27)26-22-14-20(5)15-25-22/h8,10,12,14-15,21,25-26H,6-7,9,11,13,16H2,1-5H3,(H2,24,27)/b18-10+,19-12+. The second-order valence-corrected chi connectivity index (χ2v) is 9.23. The molecule has 1 unspecified atom stereocenters. The average molecular weight is 420 g/mol. The molecule has 0 bridgehead atoms. The zero-order valence-corrected chi connectivity index (χ0v) is 19.7. The highest BCUT2D eigenvalue weighted by Gasteiger charge is 2.12. The maximum atomic E-state index is 5.89. The molecule has 1 aromatic rings. The van der Waals surface area contributed by atoms with Gasteiger partial charge in [-0.25, -0.2) is 0 Å². The van der Waals surface area contributed by atoms with E-state index in [0.717, 1.165) is 43.0 Å². The summed E-state index contributed by atoms with van der Waals surface area (Å²) < 4.78 is 0. The van der Waals surface area contributed by atoms with Crippen LogP contribution in [0, 0.1) is 6.92 Å². The molecule has 1 heterocycles. The number of hydrogen-bond acceptors (Lipinski definition) is 3. The highest BCUT2D eigenvalue weighted by molar-refractivity contribution is 7.99. The van der Waals surface area contributed by atoms with Crippen LogP contribution in [-0.4, -0.2) is 27.5 Å². The number of aromatic amines is 1. The van der Waals surface area contributed by atoms with E-state index in [1.54, 1.807) is 0 Å². The zero-order valence-electron chi connectivity index (χ0n) is 18.1. The van der Waals surface area contributed by atoms with E-state index in [4.69, 9.17) is 18.0 Å². The molecule has 0 aliphatic rings. The number of H-pyrrole nitrogens is 1. The van der Waals surface area contributed by atoms with Crippen molar-refractivity contribution >= 4 is 34.8 Å². The molecule has 28 heavy (non-hydrogen) atoms. The molecule has 3 nitrogen and oxygen atoms in total. The Bertz CT molecular complexity index is 694. The van der Waals surface area contributed by atoms with Crippen LogP contribution in [0.3, 0.4) is 0 Å². The number of thiocarbonyl (C=S) groups is 1. The minimum atomic E-state index is -0.00172. The van der Waals surface area contributed by atoms with Gasteiger partial charge in [-0.1, -0.05) is 47.2 Å². The summed E-state index contributed by atoms with van der Waals surface area (Å²) in [5.74, 6) is 2.81. The van der Waals surface area contributed by atoms with E-state index in [2.05, 4.69) is 69.2 Å². The first-order chi connectivity index (χ1) is 13.3. The van der Waals surface area contributed by atoms with Gasteiger partial charge >= 0.3 is 0 Å². The van der Waals surface area contributed by atoms with Crippen LogP contribution in [0.4, 0.5) is 5.82 Å². The molecule has 0 saturated carbocycles. The van der Waals surface area contributed by atoms with Crippen LogP contribution < -0.4 is 11.1 Å². The molecule has 1 rings (SSSR count). The van der Waals surface area contributed by atoms with Crippen LogP contribution in [0.25, 0.3) is 0 Å². The lowest BCUT2D eigenvalue weighted by Crippen LogP contribution is -2.36. The van der Waals surface area contributed by atoms with Crippen LogP contribution in [0.15, 0.2) is 47.2 Å². The molecule has 0 spiro atoms. The lowest BCUT2D eigenvalue weighted by Gasteiger charge is -2.17. The van der Waals surface area contributed by atoms with Crippen molar-refractivity contribution in [2.24, 2.45) is 5.73 Å². The SMILES string of the molecule is CC(C)=CCC/C(C)=C/CC/C(C)=C/CSCC(Nc1cc(C)c[nH]1)C(N)=S. The van der Waals surface area contributed by atoms with E-state index in [1.165, 1.54) is 22.3 Å². The maximum absolute atomic E-state index is 5.89. The van der Waals surface area contributed by atoms with Crippen molar-refractivity contribution in [3.63, 3.8) is 0 Å². The van der Waals surface area contributed by atoms with Crippen molar-refractivity contribution in [3.05, 3.63) is 52.8 Å². The Morgan fingerprint density at radius 3 is 2.36 bits per heavy atom. The van der Waals surface area contributed by atoms with Gasteiger partial charge in [0.15, 0.2) is 0 Å². The molecule has 5 heteroatoms. The topological polar surface area (TPSA) is 53.8 Å². The Hall–Kier alpha value is -1.46. The Morgan fingerprint density at radius 2 is 1.79 bits per heavy atom. The summed E-state index contributed by atoms with van der Waals surface area (Å²) in [6.07, 6.45) is 13.5. The number of hydrogen-bond donors (Lipinski definition) is 3. The molecular formula is C23H37N3S2.